The van der Waals surface area contributed by atoms with Crippen LogP contribution in [-0.2, 0) is 17.6 Å². The molecule has 0 fully saturated rings. The summed E-state index contributed by atoms with van der Waals surface area (Å²) in [7, 11) is 0. The fourth-order valence-corrected chi connectivity index (χ4v) is 3.60. The molecule has 0 radical (unpaired) electrons. The van der Waals surface area contributed by atoms with E-state index in [1.54, 1.807) is 5.43 Å². The Labute approximate surface area is 121 Å². The smallest absolute Gasteiger partial charge is 0.281 e. The van der Waals surface area contributed by atoms with Crippen LogP contribution in [0.1, 0.15) is 23.3 Å². The zero-order valence-electron chi connectivity index (χ0n) is 10.8. The van der Waals surface area contributed by atoms with Crippen molar-refractivity contribution in [3.8, 4) is 0 Å². The van der Waals surface area contributed by atoms with Crippen LogP contribution in [-0.4, -0.2) is 22.1 Å². The third-order valence-electron chi connectivity index (χ3n) is 3.30. The highest BCUT2D eigenvalue weighted by Crippen LogP contribution is 2.37. The van der Waals surface area contributed by atoms with Gasteiger partial charge in [0.2, 0.25) is 0 Å². The number of carbonyl (C=O) groups is 1. The topological polar surface area (TPSA) is 66.9 Å². The molecule has 2 aromatic heterocycles. The summed E-state index contributed by atoms with van der Waals surface area (Å²) < 4.78 is 36.6. The summed E-state index contributed by atoms with van der Waals surface area (Å²) in [6, 6.07) is 0. The van der Waals surface area contributed by atoms with Gasteiger partial charge in [0.15, 0.2) is 5.82 Å². The van der Waals surface area contributed by atoms with E-state index in [0.717, 1.165) is 36.1 Å². The number of anilines is 1. The number of halogens is 3. The molecule has 0 aliphatic heterocycles. The minimum atomic E-state index is -4.94. The highest BCUT2D eigenvalue weighted by Gasteiger charge is 2.38. The van der Waals surface area contributed by atoms with Crippen molar-refractivity contribution in [2.75, 3.05) is 5.43 Å². The third kappa shape index (κ3) is 2.65. The van der Waals surface area contributed by atoms with Crippen molar-refractivity contribution in [2.45, 2.75) is 31.9 Å². The third-order valence-corrected chi connectivity index (χ3v) is 4.50. The summed E-state index contributed by atoms with van der Waals surface area (Å²) >= 11 is 1.53. The summed E-state index contributed by atoms with van der Waals surface area (Å²) in [6.45, 7) is 0. The first-order chi connectivity index (χ1) is 9.97. The number of hydrogen-bond acceptors (Lipinski definition) is 5. The second kappa shape index (κ2) is 5.14. The van der Waals surface area contributed by atoms with Crippen LogP contribution in [0.15, 0.2) is 6.33 Å². The van der Waals surface area contributed by atoms with Crippen LogP contribution >= 0.6 is 11.3 Å². The molecule has 1 amide bonds. The molecule has 0 bridgehead atoms. The molecule has 21 heavy (non-hydrogen) atoms. The van der Waals surface area contributed by atoms with Crippen molar-refractivity contribution >= 4 is 33.3 Å². The minimum absolute atomic E-state index is 0.206. The first-order valence-electron chi connectivity index (χ1n) is 6.35. The Balaban J connectivity index is 1.92. The first kappa shape index (κ1) is 14.1. The van der Waals surface area contributed by atoms with E-state index in [1.165, 1.54) is 22.5 Å². The van der Waals surface area contributed by atoms with E-state index in [1.807, 2.05) is 0 Å². The molecule has 2 heterocycles. The van der Waals surface area contributed by atoms with Crippen molar-refractivity contribution in [1.82, 2.24) is 15.4 Å². The number of hydrazine groups is 1. The summed E-state index contributed by atoms with van der Waals surface area (Å²) in [5, 5.41) is 0.708. The maximum Gasteiger partial charge on any atom is 0.472 e. The molecule has 0 spiro atoms. The fourth-order valence-electron chi connectivity index (χ4n) is 2.37. The molecule has 1 aliphatic carbocycles. The summed E-state index contributed by atoms with van der Waals surface area (Å²) in [4.78, 5) is 20.9. The lowest BCUT2D eigenvalue weighted by Gasteiger charge is -2.13. The van der Waals surface area contributed by atoms with Gasteiger partial charge in [-0.05, 0) is 31.2 Å². The van der Waals surface area contributed by atoms with Crippen molar-refractivity contribution in [1.29, 1.82) is 0 Å². The Bertz CT molecular complexity index is 698. The largest absolute Gasteiger partial charge is 0.472 e. The quantitative estimate of drug-likeness (QED) is 0.836. The van der Waals surface area contributed by atoms with Crippen molar-refractivity contribution in [2.24, 2.45) is 0 Å². The molecular weight excluding hydrogens is 305 g/mol. The van der Waals surface area contributed by atoms with Crippen LogP contribution in [0.3, 0.4) is 0 Å². The number of fused-ring (bicyclic) bond motifs is 3. The lowest BCUT2D eigenvalue weighted by molar-refractivity contribution is -0.173. The first-order valence-corrected chi connectivity index (χ1v) is 7.17. The Hall–Kier alpha value is -1.90. The predicted octanol–water partition coefficient (Wildman–Crippen LogP) is 2.58. The second-order valence-electron chi connectivity index (χ2n) is 4.69. The van der Waals surface area contributed by atoms with Gasteiger partial charge in [0.1, 0.15) is 11.2 Å². The average molecular weight is 316 g/mol. The van der Waals surface area contributed by atoms with Gasteiger partial charge in [-0.2, -0.15) is 13.2 Å². The van der Waals surface area contributed by atoms with E-state index >= 15 is 0 Å². The summed E-state index contributed by atoms with van der Waals surface area (Å²) in [5.41, 5.74) is 4.97. The SMILES string of the molecule is O=C(NNc1ncnc2sc3c(c12)CCCC3)C(F)(F)F. The monoisotopic (exact) mass is 316 g/mol. The Morgan fingerprint density at radius 1 is 1.24 bits per heavy atom. The number of rotatable bonds is 2. The lowest BCUT2D eigenvalue weighted by Crippen LogP contribution is -2.40. The Kier molecular flexibility index (Phi) is 3.44. The van der Waals surface area contributed by atoms with Crippen LogP contribution in [0, 0.1) is 0 Å². The molecule has 3 rings (SSSR count). The highest BCUT2D eigenvalue weighted by molar-refractivity contribution is 7.19. The van der Waals surface area contributed by atoms with Gasteiger partial charge < -0.3 is 0 Å². The van der Waals surface area contributed by atoms with Gasteiger partial charge in [-0.1, -0.05) is 0 Å². The standard InChI is InChI=1S/C12H11F3N4OS/c13-12(14,15)11(20)19-18-9-8-6-3-1-2-4-7(6)21-10(8)17-5-16-9/h5H,1-4H2,(H,19,20)(H,16,17,18). The number of thiophene rings is 1. The zero-order chi connectivity index (χ0) is 15.0. The maximum atomic E-state index is 12.2. The normalized spacial score (nSPS) is 14.8. The molecule has 0 unspecified atom stereocenters. The van der Waals surface area contributed by atoms with Crippen LogP contribution < -0.4 is 10.9 Å². The number of nitrogens with one attached hydrogen (secondary N) is 2. The van der Waals surface area contributed by atoms with Gasteiger partial charge in [-0.3, -0.25) is 15.6 Å². The van der Waals surface area contributed by atoms with Gasteiger partial charge in [0, 0.05) is 4.88 Å². The number of carbonyl (C=O) groups excluding carboxylic acids is 1. The van der Waals surface area contributed by atoms with E-state index in [2.05, 4.69) is 15.4 Å². The molecule has 0 atom stereocenters. The minimum Gasteiger partial charge on any atom is -0.281 e. The van der Waals surface area contributed by atoms with Crippen LogP contribution in [0.5, 0.6) is 0 Å². The zero-order valence-corrected chi connectivity index (χ0v) is 11.6. The molecular formula is C12H11F3N4OS. The van der Waals surface area contributed by atoms with E-state index in [9.17, 15) is 18.0 Å². The number of aryl methyl sites for hydroxylation is 2. The Morgan fingerprint density at radius 2 is 2.00 bits per heavy atom. The molecule has 1 aliphatic rings. The molecule has 5 nitrogen and oxygen atoms in total. The molecule has 0 saturated carbocycles. The number of amides is 1. The number of hydrogen-bond donors (Lipinski definition) is 2. The van der Waals surface area contributed by atoms with E-state index in [-0.39, 0.29) is 5.82 Å². The lowest BCUT2D eigenvalue weighted by atomic mass is 9.97. The summed E-state index contributed by atoms with van der Waals surface area (Å²) in [6.07, 6.45) is 0.262. The Morgan fingerprint density at radius 3 is 2.76 bits per heavy atom. The number of aromatic nitrogens is 2. The van der Waals surface area contributed by atoms with Crippen molar-refractivity contribution in [3.63, 3.8) is 0 Å². The van der Waals surface area contributed by atoms with Gasteiger partial charge in [0.05, 0.1) is 5.39 Å². The van der Waals surface area contributed by atoms with Gasteiger partial charge in [0.25, 0.3) is 0 Å². The van der Waals surface area contributed by atoms with Gasteiger partial charge in [-0.15, -0.1) is 11.3 Å². The molecule has 0 aromatic carbocycles. The number of alkyl halides is 3. The fraction of sp³-hybridized carbons (Fsp3) is 0.417. The predicted molar refractivity (Wildman–Crippen MR) is 71.9 cm³/mol. The van der Waals surface area contributed by atoms with Gasteiger partial charge in [-0.25, -0.2) is 9.97 Å². The van der Waals surface area contributed by atoms with E-state index in [0.29, 0.717) is 5.39 Å². The van der Waals surface area contributed by atoms with Crippen LogP contribution in [0.4, 0.5) is 19.0 Å². The number of nitrogens with zero attached hydrogens (tertiary/aromatic N) is 2. The maximum absolute atomic E-state index is 12.2. The van der Waals surface area contributed by atoms with Gasteiger partial charge >= 0.3 is 12.1 Å². The molecule has 0 saturated heterocycles. The molecule has 9 heteroatoms. The molecule has 2 N–H and O–H groups in total. The van der Waals surface area contributed by atoms with Crippen molar-refractivity contribution in [3.05, 3.63) is 16.8 Å². The molecule has 2 aromatic rings. The van der Waals surface area contributed by atoms with Crippen molar-refractivity contribution < 1.29 is 18.0 Å². The van der Waals surface area contributed by atoms with E-state index < -0.39 is 12.1 Å². The summed E-state index contributed by atoms with van der Waals surface area (Å²) in [5.74, 6) is -1.85. The van der Waals surface area contributed by atoms with Crippen LogP contribution in [0.25, 0.3) is 10.2 Å². The van der Waals surface area contributed by atoms with E-state index in [4.69, 9.17) is 0 Å². The second-order valence-corrected chi connectivity index (χ2v) is 5.77. The highest BCUT2D eigenvalue weighted by atomic mass is 32.1. The van der Waals surface area contributed by atoms with Crippen LogP contribution in [0.2, 0.25) is 0 Å². The molecule has 112 valence electrons. The average Bonchev–Trinajstić information content (AvgIpc) is 2.82.